The fourth-order valence-corrected chi connectivity index (χ4v) is 3.21. The van der Waals surface area contributed by atoms with Crippen LogP contribution in [0.5, 0.6) is 0 Å². The molecule has 1 fully saturated rings. The largest absolute Gasteiger partial charge is 0.0998 e. The van der Waals surface area contributed by atoms with E-state index in [0.29, 0.717) is 5.41 Å². The second-order valence-corrected chi connectivity index (χ2v) is 5.49. The lowest BCUT2D eigenvalue weighted by Crippen LogP contribution is -2.27. The lowest BCUT2D eigenvalue weighted by molar-refractivity contribution is 0.170. The molecule has 0 aromatic carbocycles. The summed E-state index contributed by atoms with van der Waals surface area (Å²) in [7, 11) is 0. The van der Waals surface area contributed by atoms with Gasteiger partial charge in [-0.15, -0.1) is 0 Å². The highest BCUT2D eigenvalue weighted by Crippen LogP contribution is 2.53. The highest BCUT2D eigenvalue weighted by molar-refractivity contribution is 5.08. The Morgan fingerprint density at radius 1 is 1.43 bits per heavy atom. The van der Waals surface area contributed by atoms with E-state index >= 15 is 0 Å². The molecule has 1 aliphatic rings. The number of unbranched alkanes of at least 4 members (excludes halogenated alkanes) is 1. The Hall–Kier alpha value is -0.260. The first-order valence-electron chi connectivity index (χ1n) is 6.17. The lowest BCUT2D eigenvalue weighted by atomic mass is 9.69. The quantitative estimate of drug-likeness (QED) is 0.564. The Kier molecular flexibility index (Phi) is 3.80. The highest BCUT2D eigenvalue weighted by Gasteiger charge is 2.43. The summed E-state index contributed by atoms with van der Waals surface area (Å²) in [6.45, 7) is 13.6. The summed E-state index contributed by atoms with van der Waals surface area (Å²) in [6, 6.07) is 0. The number of hydrogen-bond acceptors (Lipinski definition) is 0. The molecule has 1 rings (SSSR count). The molecule has 0 heterocycles. The van der Waals surface area contributed by atoms with E-state index in [9.17, 15) is 0 Å². The molecule has 0 aromatic rings. The van der Waals surface area contributed by atoms with Gasteiger partial charge in [-0.25, -0.2) is 0 Å². The van der Waals surface area contributed by atoms with Gasteiger partial charge in [-0.2, -0.15) is 0 Å². The zero-order valence-corrected chi connectivity index (χ0v) is 10.4. The second kappa shape index (κ2) is 4.51. The van der Waals surface area contributed by atoms with Gasteiger partial charge in [-0.05, 0) is 43.4 Å². The van der Waals surface area contributed by atoms with Gasteiger partial charge in [0.05, 0.1) is 0 Å². The molecule has 0 N–H and O–H groups in total. The second-order valence-electron chi connectivity index (χ2n) is 5.49. The van der Waals surface area contributed by atoms with Crippen molar-refractivity contribution >= 4 is 0 Å². The molecule has 1 aliphatic carbocycles. The molecule has 0 aliphatic heterocycles. The Labute approximate surface area is 89.8 Å². The average molecular weight is 194 g/mol. The van der Waals surface area contributed by atoms with Crippen molar-refractivity contribution in [2.75, 3.05) is 0 Å². The Morgan fingerprint density at radius 3 is 2.57 bits per heavy atom. The molecule has 3 unspecified atom stereocenters. The summed E-state index contributed by atoms with van der Waals surface area (Å²) in [6.07, 6.45) is 6.87. The van der Waals surface area contributed by atoms with Crippen LogP contribution in [0.1, 0.15) is 59.8 Å². The number of rotatable bonds is 4. The minimum atomic E-state index is 0.543. The van der Waals surface area contributed by atoms with Crippen LogP contribution in [0.2, 0.25) is 0 Å². The van der Waals surface area contributed by atoms with E-state index < -0.39 is 0 Å². The molecule has 0 radical (unpaired) electrons. The Morgan fingerprint density at radius 2 is 2.07 bits per heavy atom. The van der Waals surface area contributed by atoms with E-state index in [0.717, 1.165) is 11.8 Å². The van der Waals surface area contributed by atoms with Crippen LogP contribution in [0.25, 0.3) is 0 Å². The minimum absolute atomic E-state index is 0.543. The first kappa shape index (κ1) is 11.8. The van der Waals surface area contributed by atoms with Gasteiger partial charge in [0.2, 0.25) is 0 Å². The third kappa shape index (κ3) is 2.04. The zero-order chi connectivity index (χ0) is 10.8. The predicted molar refractivity (Wildman–Crippen MR) is 64.3 cm³/mol. The molecular weight excluding hydrogens is 168 g/mol. The summed E-state index contributed by atoms with van der Waals surface area (Å²) in [5, 5.41) is 0. The summed E-state index contributed by atoms with van der Waals surface area (Å²) in [5.74, 6) is 1.67. The van der Waals surface area contributed by atoms with E-state index in [1.807, 2.05) is 0 Å². The van der Waals surface area contributed by atoms with Gasteiger partial charge >= 0.3 is 0 Å². The van der Waals surface area contributed by atoms with Crippen molar-refractivity contribution in [3.05, 3.63) is 12.2 Å². The van der Waals surface area contributed by atoms with Crippen molar-refractivity contribution in [1.29, 1.82) is 0 Å². The predicted octanol–water partition coefficient (Wildman–Crippen LogP) is 4.81. The molecule has 0 heteroatoms. The van der Waals surface area contributed by atoms with Gasteiger partial charge in [-0.1, -0.05) is 45.8 Å². The third-order valence-corrected chi connectivity index (χ3v) is 4.47. The van der Waals surface area contributed by atoms with Gasteiger partial charge in [0, 0.05) is 0 Å². The van der Waals surface area contributed by atoms with Crippen LogP contribution >= 0.6 is 0 Å². The van der Waals surface area contributed by atoms with Crippen molar-refractivity contribution in [3.8, 4) is 0 Å². The average Bonchev–Trinajstić information content (AvgIpc) is 2.41. The van der Waals surface area contributed by atoms with Crippen molar-refractivity contribution in [1.82, 2.24) is 0 Å². The maximum Gasteiger partial charge on any atom is -0.0152 e. The van der Waals surface area contributed by atoms with Crippen molar-refractivity contribution < 1.29 is 0 Å². The van der Waals surface area contributed by atoms with E-state index in [1.54, 1.807) is 0 Å². The van der Waals surface area contributed by atoms with Crippen LogP contribution in [-0.4, -0.2) is 0 Å². The fraction of sp³-hybridized carbons (Fsp3) is 0.857. The van der Waals surface area contributed by atoms with Crippen molar-refractivity contribution in [3.63, 3.8) is 0 Å². The standard InChI is InChI=1S/C14H26/c1-6-7-10-14(5)12(4)8-9-13(14)11(2)3/h12-13H,2,6-10H2,1,3-5H3. The first-order chi connectivity index (χ1) is 6.52. The Bertz CT molecular complexity index is 204. The molecule has 0 amide bonds. The van der Waals surface area contributed by atoms with E-state index in [2.05, 4.69) is 34.3 Å². The van der Waals surface area contributed by atoms with E-state index in [-0.39, 0.29) is 0 Å². The number of hydrogen-bond donors (Lipinski definition) is 0. The molecular formula is C14H26. The first-order valence-corrected chi connectivity index (χ1v) is 6.17. The van der Waals surface area contributed by atoms with Gasteiger partial charge in [-0.3, -0.25) is 0 Å². The van der Waals surface area contributed by atoms with E-state index in [1.165, 1.54) is 37.7 Å². The molecule has 0 nitrogen and oxygen atoms in total. The van der Waals surface area contributed by atoms with Crippen LogP contribution in [0.15, 0.2) is 12.2 Å². The van der Waals surface area contributed by atoms with Crippen LogP contribution in [0.3, 0.4) is 0 Å². The molecule has 82 valence electrons. The van der Waals surface area contributed by atoms with Gasteiger partial charge in [0.25, 0.3) is 0 Å². The molecule has 14 heavy (non-hydrogen) atoms. The summed E-state index contributed by atoms with van der Waals surface area (Å²) in [5.41, 5.74) is 1.95. The molecule has 0 bridgehead atoms. The van der Waals surface area contributed by atoms with Gasteiger partial charge in [0.15, 0.2) is 0 Å². The number of allylic oxidation sites excluding steroid dienone is 1. The van der Waals surface area contributed by atoms with Crippen LogP contribution < -0.4 is 0 Å². The lowest BCUT2D eigenvalue weighted by Gasteiger charge is -2.36. The maximum atomic E-state index is 4.18. The fourth-order valence-electron chi connectivity index (χ4n) is 3.21. The summed E-state index contributed by atoms with van der Waals surface area (Å²) < 4.78 is 0. The smallest absolute Gasteiger partial charge is 0.0152 e. The molecule has 0 aromatic heterocycles. The normalized spacial score (nSPS) is 37.4. The topological polar surface area (TPSA) is 0 Å². The zero-order valence-electron chi connectivity index (χ0n) is 10.4. The van der Waals surface area contributed by atoms with Gasteiger partial charge in [0.1, 0.15) is 0 Å². The van der Waals surface area contributed by atoms with Crippen LogP contribution in [0.4, 0.5) is 0 Å². The molecule has 3 atom stereocenters. The summed E-state index contributed by atoms with van der Waals surface area (Å²) >= 11 is 0. The Balaban J connectivity index is 2.73. The maximum absolute atomic E-state index is 4.18. The van der Waals surface area contributed by atoms with Gasteiger partial charge < -0.3 is 0 Å². The minimum Gasteiger partial charge on any atom is -0.0998 e. The van der Waals surface area contributed by atoms with E-state index in [4.69, 9.17) is 0 Å². The monoisotopic (exact) mass is 194 g/mol. The highest BCUT2D eigenvalue weighted by atomic mass is 14.5. The molecule has 0 spiro atoms. The SMILES string of the molecule is C=C(C)C1CCC(C)C1(C)CCCC. The van der Waals surface area contributed by atoms with Crippen molar-refractivity contribution in [2.45, 2.75) is 59.8 Å². The molecule has 0 saturated heterocycles. The third-order valence-electron chi connectivity index (χ3n) is 4.47. The van der Waals surface area contributed by atoms with Crippen molar-refractivity contribution in [2.24, 2.45) is 17.3 Å². The van der Waals surface area contributed by atoms with Crippen LogP contribution in [-0.2, 0) is 0 Å². The van der Waals surface area contributed by atoms with Crippen LogP contribution in [0, 0.1) is 17.3 Å². The molecule has 1 saturated carbocycles. The summed E-state index contributed by atoms with van der Waals surface area (Å²) in [4.78, 5) is 0.